The molecule has 0 bridgehead atoms. The Hall–Kier alpha value is -2.38. The first kappa shape index (κ1) is 15.0. The molecule has 2 rings (SSSR count). The zero-order valence-electron chi connectivity index (χ0n) is 12.7. The number of hydrogen-bond acceptors (Lipinski definition) is 7. The predicted octanol–water partition coefficient (Wildman–Crippen LogP) is 0.688. The minimum atomic E-state index is 0.228. The summed E-state index contributed by atoms with van der Waals surface area (Å²) in [5.74, 6) is 2.34. The zero-order valence-corrected chi connectivity index (χ0v) is 12.7. The molecule has 114 valence electrons. The van der Waals surface area contributed by atoms with Gasteiger partial charge in [-0.05, 0) is 13.8 Å². The fourth-order valence-corrected chi connectivity index (χ4v) is 2.03. The van der Waals surface area contributed by atoms with Gasteiger partial charge in [-0.1, -0.05) is 0 Å². The summed E-state index contributed by atoms with van der Waals surface area (Å²) in [5, 5.41) is 3.17. The monoisotopic (exact) mass is 290 g/mol. The van der Waals surface area contributed by atoms with Gasteiger partial charge in [0.2, 0.25) is 17.8 Å². The van der Waals surface area contributed by atoms with Crippen LogP contribution in [0.1, 0.15) is 19.7 Å². The van der Waals surface area contributed by atoms with Crippen molar-refractivity contribution in [1.82, 2.24) is 24.5 Å². The lowest BCUT2D eigenvalue weighted by molar-refractivity contribution is 0.782. The van der Waals surface area contributed by atoms with E-state index in [1.165, 1.54) is 0 Å². The fraction of sp³-hybridized carbons (Fsp3) is 0.538. The highest BCUT2D eigenvalue weighted by atomic mass is 15.3. The van der Waals surface area contributed by atoms with Crippen LogP contribution < -0.4 is 16.0 Å². The highest BCUT2D eigenvalue weighted by Crippen LogP contribution is 2.11. The first-order valence-corrected chi connectivity index (χ1v) is 7.10. The molecule has 2 heterocycles. The molecule has 21 heavy (non-hydrogen) atoms. The van der Waals surface area contributed by atoms with Crippen LogP contribution >= 0.6 is 0 Å². The minimum Gasteiger partial charge on any atom is -0.368 e. The number of nitrogen functional groups attached to an aromatic ring is 1. The van der Waals surface area contributed by atoms with E-state index < -0.39 is 0 Å². The van der Waals surface area contributed by atoms with Crippen molar-refractivity contribution in [3.63, 3.8) is 0 Å². The molecule has 0 aliphatic rings. The molecule has 0 aromatic carbocycles. The molecule has 0 amide bonds. The van der Waals surface area contributed by atoms with E-state index in [0.717, 1.165) is 25.3 Å². The van der Waals surface area contributed by atoms with Crippen LogP contribution in [0.25, 0.3) is 0 Å². The van der Waals surface area contributed by atoms with Gasteiger partial charge in [-0.25, -0.2) is 4.98 Å². The summed E-state index contributed by atoms with van der Waals surface area (Å²) in [6.07, 6.45) is 4.50. The van der Waals surface area contributed by atoms with Crippen LogP contribution in [0.2, 0.25) is 0 Å². The summed E-state index contributed by atoms with van der Waals surface area (Å²) in [4.78, 5) is 19.0. The van der Waals surface area contributed by atoms with Gasteiger partial charge in [0.25, 0.3) is 0 Å². The van der Waals surface area contributed by atoms with Crippen LogP contribution in [0, 0.1) is 0 Å². The fourth-order valence-electron chi connectivity index (χ4n) is 2.03. The quantitative estimate of drug-likeness (QED) is 0.774. The second-order valence-corrected chi connectivity index (χ2v) is 4.62. The predicted molar refractivity (Wildman–Crippen MR) is 83.2 cm³/mol. The van der Waals surface area contributed by atoms with Crippen molar-refractivity contribution in [2.24, 2.45) is 7.05 Å². The van der Waals surface area contributed by atoms with Crippen LogP contribution in [0.4, 0.5) is 17.8 Å². The highest BCUT2D eigenvalue weighted by molar-refractivity contribution is 5.41. The molecule has 0 fully saturated rings. The Morgan fingerprint density at radius 2 is 2.00 bits per heavy atom. The normalized spacial score (nSPS) is 10.6. The Balaban J connectivity index is 2.01. The Morgan fingerprint density at radius 3 is 2.62 bits per heavy atom. The van der Waals surface area contributed by atoms with Crippen molar-refractivity contribution < 1.29 is 0 Å². The van der Waals surface area contributed by atoms with Gasteiger partial charge in [-0.15, -0.1) is 0 Å². The average molecular weight is 290 g/mol. The van der Waals surface area contributed by atoms with Crippen molar-refractivity contribution >= 4 is 17.8 Å². The molecule has 0 spiro atoms. The van der Waals surface area contributed by atoms with Crippen molar-refractivity contribution in [3.8, 4) is 0 Å². The maximum Gasteiger partial charge on any atom is 0.231 e. The standard InChI is InChI=1S/C13H22N8/c1-4-21(5-2)13-18-11(14)17-12(19-13)16-7-6-10-15-8-9-20(10)3/h8-9H,4-7H2,1-3H3,(H3,14,16,17,18,19). The number of aromatic nitrogens is 5. The van der Waals surface area contributed by atoms with Gasteiger partial charge in [-0.3, -0.25) is 0 Å². The number of aryl methyl sites for hydroxylation is 1. The van der Waals surface area contributed by atoms with Gasteiger partial charge in [0.15, 0.2) is 0 Å². The van der Waals surface area contributed by atoms with Gasteiger partial charge in [-0.2, -0.15) is 15.0 Å². The molecule has 0 saturated heterocycles. The summed E-state index contributed by atoms with van der Waals surface area (Å²) in [6.45, 7) is 6.45. The second kappa shape index (κ2) is 6.87. The molecular formula is C13H22N8. The number of anilines is 3. The summed E-state index contributed by atoms with van der Waals surface area (Å²) in [5.41, 5.74) is 5.75. The van der Waals surface area contributed by atoms with Crippen molar-refractivity contribution in [2.45, 2.75) is 20.3 Å². The average Bonchev–Trinajstić information content (AvgIpc) is 2.85. The van der Waals surface area contributed by atoms with E-state index in [1.807, 2.05) is 22.7 Å². The van der Waals surface area contributed by atoms with Gasteiger partial charge >= 0.3 is 0 Å². The number of nitrogens with one attached hydrogen (secondary N) is 1. The summed E-state index contributed by atoms with van der Waals surface area (Å²) >= 11 is 0. The van der Waals surface area contributed by atoms with Crippen LogP contribution in [-0.2, 0) is 13.5 Å². The number of nitrogens with zero attached hydrogens (tertiary/aromatic N) is 6. The van der Waals surface area contributed by atoms with Gasteiger partial charge in [0.05, 0.1) is 0 Å². The third-order valence-electron chi connectivity index (χ3n) is 3.24. The minimum absolute atomic E-state index is 0.228. The molecule has 0 aliphatic carbocycles. The lowest BCUT2D eigenvalue weighted by atomic mass is 10.4. The van der Waals surface area contributed by atoms with Crippen molar-refractivity contribution in [3.05, 3.63) is 18.2 Å². The van der Waals surface area contributed by atoms with Crippen LogP contribution in [0.15, 0.2) is 12.4 Å². The van der Waals surface area contributed by atoms with Crippen LogP contribution in [0.5, 0.6) is 0 Å². The Kier molecular flexibility index (Phi) is 4.91. The molecule has 0 atom stereocenters. The number of rotatable bonds is 7. The maximum atomic E-state index is 5.75. The third-order valence-corrected chi connectivity index (χ3v) is 3.24. The third kappa shape index (κ3) is 3.80. The van der Waals surface area contributed by atoms with Crippen LogP contribution in [-0.4, -0.2) is 44.1 Å². The lowest BCUT2D eigenvalue weighted by Crippen LogP contribution is -2.25. The topological polar surface area (TPSA) is 97.8 Å². The Morgan fingerprint density at radius 1 is 1.24 bits per heavy atom. The number of hydrogen-bond donors (Lipinski definition) is 2. The van der Waals surface area contributed by atoms with Crippen molar-refractivity contribution in [2.75, 3.05) is 35.6 Å². The van der Waals surface area contributed by atoms with Gasteiger partial charge < -0.3 is 20.5 Å². The second-order valence-electron chi connectivity index (χ2n) is 4.62. The summed E-state index contributed by atoms with van der Waals surface area (Å²) in [7, 11) is 1.97. The van der Waals surface area contributed by atoms with E-state index in [4.69, 9.17) is 5.73 Å². The maximum absolute atomic E-state index is 5.75. The van der Waals surface area contributed by atoms with E-state index in [-0.39, 0.29) is 5.95 Å². The molecular weight excluding hydrogens is 268 g/mol. The molecule has 0 unspecified atom stereocenters. The molecule has 0 radical (unpaired) electrons. The zero-order chi connectivity index (χ0) is 15.2. The summed E-state index contributed by atoms with van der Waals surface area (Å²) in [6, 6.07) is 0. The molecule has 8 nitrogen and oxygen atoms in total. The van der Waals surface area contributed by atoms with Gasteiger partial charge in [0, 0.05) is 45.5 Å². The highest BCUT2D eigenvalue weighted by Gasteiger charge is 2.09. The van der Waals surface area contributed by atoms with E-state index in [9.17, 15) is 0 Å². The smallest absolute Gasteiger partial charge is 0.231 e. The molecule has 0 aliphatic heterocycles. The molecule has 0 saturated carbocycles. The molecule has 8 heteroatoms. The van der Waals surface area contributed by atoms with E-state index in [1.54, 1.807) is 6.20 Å². The first-order chi connectivity index (χ1) is 10.1. The Bertz CT molecular complexity index is 575. The molecule has 2 aromatic rings. The first-order valence-electron chi connectivity index (χ1n) is 7.10. The number of imidazole rings is 1. The molecule has 3 N–H and O–H groups in total. The van der Waals surface area contributed by atoms with Gasteiger partial charge in [0.1, 0.15) is 5.82 Å². The SMILES string of the molecule is CCN(CC)c1nc(N)nc(NCCc2nccn2C)n1. The summed E-state index contributed by atoms with van der Waals surface area (Å²) < 4.78 is 1.99. The molecule has 2 aromatic heterocycles. The van der Waals surface area contributed by atoms with E-state index >= 15 is 0 Å². The van der Waals surface area contributed by atoms with Crippen molar-refractivity contribution in [1.29, 1.82) is 0 Å². The van der Waals surface area contributed by atoms with E-state index in [2.05, 4.69) is 39.1 Å². The van der Waals surface area contributed by atoms with E-state index in [0.29, 0.717) is 18.4 Å². The Labute approximate surface area is 124 Å². The largest absolute Gasteiger partial charge is 0.368 e. The van der Waals surface area contributed by atoms with Crippen LogP contribution in [0.3, 0.4) is 0 Å². The number of nitrogens with two attached hydrogens (primary N) is 1. The lowest BCUT2D eigenvalue weighted by Gasteiger charge is -2.19.